The largest absolute Gasteiger partial charge is 0.478 e. The van der Waals surface area contributed by atoms with E-state index in [-0.39, 0.29) is 16.3 Å². The molecule has 1 heterocycles. The molecule has 9 heteroatoms. The normalized spacial score (nSPS) is 11.5. The Bertz CT molecular complexity index is 564. The number of anilines is 1. The number of rotatable bonds is 3. The number of carbonyl (C=O) groups excluding carboxylic acids is 2. The number of amides is 3. The van der Waals surface area contributed by atoms with Gasteiger partial charge in [-0.25, -0.2) is 14.6 Å². The summed E-state index contributed by atoms with van der Waals surface area (Å²) in [6, 6.07) is -0.793. The highest BCUT2D eigenvalue weighted by Gasteiger charge is 2.15. The standard InChI is InChI=1S/C10H12N4O4S/c1-4(5(2)8(16)17)7(15)12-9(18)13-10-11-6(3)14-19-10/h1-3H3,(H,16,17)(H2,11,12,13,14,15,18). The first kappa shape index (κ1) is 14.8. The molecule has 0 saturated carbocycles. The lowest BCUT2D eigenvalue weighted by atomic mass is 10.1. The number of carboxylic acid groups (broad SMARTS) is 1. The maximum absolute atomic E-state index is 11.6. The van der Waals surface area contributed by atoms with Gasteiger partial charge >= 0.3 is 12.0 Å². The molecule has 0 unspecified atom stereocenters. The maximum atomic E-state index is 11.6. The van der Waals surface area contributed by atoms with Crippen LogP contribution in [0, 0.1) is 6.92 Å². The van der Waals surface area contributed by atoms with E-state index in [1.807, 2.05) is 5.32 Å². The summed E-state index contributed by atoms with van der Waals surface area (Å²) in [6.07, 6.45) is 0. The molecule has 0 fully saturated rings. The molecular weight excluding hydrogens is 272 g/mol. The highest BCUT2D eigenvalue weighted by atomic mass is 32.1. The summed E-state index contributed by atoms with van der Waals surface area (Å²) in [7, 11) is 0. The van der Waals surface area contributed by atoms with Gasteiger partial charge in [-0.2, -0.15) is 4.37 Å². The molecular formula is C10H12N4O4S. The molecule has 1 rings (SSSR count). The van der Waals surface area contributed by atoms with E-state index >= 15 is 0 Å². The van der Waals surface area contributed by atoms with E-state index in [1.54, 1.807) is 6.92 Å². The first-order chi connectivity index (χ1) is 8.81. The van der Waals surface area contributed by atoms with Gasteiger partial charge in [0.2, 0.25) is 5.13 Å². The molecule has 0 radical (unpaired) electrons. The number of carboxylic acids is 1. The highest BCUT2D eigenvalue weighted by Crippen LogP contribution is 2.09. The molecule has 1 aromatic rings. The monoisotopic (exact) mass is 284 g/mol. The molecule has 102 valence electrons. The van der Waals surface area contributed by atoms with E-state index in [2.05, 4.69) is 14.7 Å². The topological polar surface area (TPSA) is 121 Å². The lowest BCUT2D eigenvalue weighted by Gasteiger charge is -2.05. The first-order valence-corrected chi connectivity index (χ1v) is 5.92. The average molecular weight is 284 g/mol. The number of nitrogens with zero attached hydrogens (tertiary/aromatic N) is 2. The van der Waals surface area contributed by atoms with Crippen LogP contribution in [-0.4, -0.2) is 32.4 Å². The predicted molar refractivity (Wildman–Crippen MR) is 67.8 cm³/mol. The number of aryl methyl sites for hydroxylation is 1. The molecule has 0 spiro atoms. The van der Waals surface area contributed by atoms with Crippen LogP contribution in [0.1, 0.15) is 19.7 Å². The molecule has 0 aliphatic rings. The molecule has 1 aromatic heterocycles. The fraction of sp³-hybridized carbons (Fsp3) is 0.300. The lowest BCUT2D eigenvalue weighted by molar-refractivity contribution is -0.133. The number of urea groups is 1. The molecule has 0 aliphatic carbocycles. The Morgan fingerprint density at radius 2 is 1.84 bits per heavy atom. The lowest BCUT2D eigenvalue weighted by Crippen LogP contribution is -2.35. The second kappa shape index (κ2) is 6.05. The van der Waals surface area contributed by atoms with Gasteiger partial charge in [0.25, 0.3) is 5.91 Å². The zero-order valence-corrected chi connectivity index (χ0v) is 11.3. The molecule has 19 heavy (non-hydrogen) atoms. The summed E-state index contributed by atoms with van der Waals surface area (Å²) < 4.78 is 3.85. The Balaban J connectivity index is 2.65. The van der Waals surface area contributed by atoms with Crippen LogP contribution in [0.2, 0.25) is 0 Å². The number of nitrogens with one attached hydrogen (secondary N) is 2. The highest BCUT2D eigenvalue weighted by molar-refractivity contribution is 7.09. The third-order valence-electron chi connectivity index (χ3n) is 2.20. The van der Waals surface area contributed by atoms with Gasteiger partial charge in [0.05, 0.1) is 0 Å². The summed E-state index contributed by atoms with van der Waals surface area (Å²) in [5.41, 5.74) is -0.173. The minimum Gasteiger partial charge on any atom is -0.478 e. The average Bonchev–Trinajstić information content (AvgIpc) is 2.72. The van der Waals surface area contributed by atoms with E-state index in [1.165, 1.54) is 13.8 Å². The van der Waals surface area contributed by atoms with E-state index in [0.717, 1.165) is 11.5 Å². The molecule has 0 atom stereocenters. The molecule has 8 nitrogen and oxygen atoms in total. The van der Waals surface area contributed by atoms with Crippen molar-refractivity contribution < 1.29 is 19.5 Å². The van der Waals surface area contributed by atoms with Gasteiger partial charge in [-0.15, -0.1) is 0 Å². The third kappa shape index (κ3) is 4.14. The number of aromatic nitrogens is 2. The van der Waals surface area contributed by atoms with Crippen molar-refractivity contribution in [2.75, 3.05) is 5.32 Å². The molecule has 0 saturated heterocycles. The fourth-order valence-electron chi connectivity index (χ4n) is 1.00. The van der Waals surface area contributed by atoms with Crippen LogP contribution in [0.5, 0.6) is 0 Å². The zero-order chi connectivity index (χ0) is 14.6. The van der Waals surface area contributed by atoms with Crippen molar-refractivity contribution in [3.05, 3.63) is 17.0 Å². The van der Waals surface area contributed by atoms with Crippen LogP contribution in [-0.2, 0) is 9.59 Å². The van der Waals surface area contributed by atoms with Crippen LogP contribution in [0.25, 0.3) is 0 Å². The zero-order valence-electron chi connectivity index (χ0n) is 10.5. The van der Waals surface area contributed by atoms with Gasteiger partial charge in [-0.05, 0) is 20.8 Å². The number of carbonyl (C=O) groups is 3. The van der Waals surface area contributed by atoms with Crippen molar-refractivity contribution in [3.8, 4) is 0 Å². The maximum Gasteiger partial charge on any atom is 0.331 e. The predicted octanol–water partition coefficient (Wildman–Crippen LogP) is 0.916. The molecule has 3 amide bonds. The van der Waals surface area contributed by atoms with Crippen molar-refractivity contribution in [3.63, 3.8) is 0 Å². The van der Waals surface area contributed by atoms with Crippen molar-refractivity contribution in [1.29, 1.82) is 0 Å². The van der Waals surface area contributed by atoms with E-state index in [9.17, 15) is 14.4 Å². The van der Waals surface area contributed by atoms with E-state index in [0.29, 0.717) is 5.82 Å². The van der Waals surface area contributed by atoms with Crippen molar-refractivity contribution >= 4 is 34.6 Å². The van der Waals surface area contributed by atoms with Gasteiger partial charge in [0.1, 0.15) is 5.82 Å². The molecule has 0 aliphatic heterocycles. The quantitative estimate of drug-likeness (QED) is 0.709. The van der Waals surface area contributed by atoms with Crippen LogP contribution in [0.3, 0.4) is 0 Å². The van der Waals surface area contributed by atoms with Crippen molar-refractivity contribution in [1.82, 2.24) is 14.7 Å². The summed E-state index contributed by atoms with van der Waals surface area (Å²) in [5.74, 6) is -1.49. The Morgan fingerprint density at radius 3 is 2.32 bits per heavy atom. The SMILES string of the molecule is CC(C(=O)O)=C(C)C(=O)NC(=O)Nc1nc(C)ns1. The van der Waals surface area contributed by atoms with Gasteiger partial charge in [-0.1, -0.05) is 0 Å². The summed E-state index contributed by atoms with van der Waals surface area (Å²) >= 11 is 0.974. The summed E-state index contributed by atoms with van der Waals surface area (Å²) in [6.45, 7) is 4.26. The van der Waals surface area contributed by atoms with Gasteiger partial charge < -0.3 is 5.11 Å². The van der Waals surface area contributed by atoms with E-state index < -0.39 is 17.9 Å². The van der Waals surface area contributed by atoms with Crippen LogP contribution < -0.4 is 10.6 Å². The number of aliphatic carboxylic acids is 1. The minimum absolute atomic E-state index is 0.0453. The van der Waals surface area contributed by atoms with Crippen molar-refractivity contribution in [2.24, 2.45) is 0 Å². The Morgan fingerprint density at radius 1 is 1.21 bits per heavy atom. The van der Waals surface area contributed by atoms with E-state index in [4.69, 9.17) is 5.11 Å². The van der Waals surface area contributed by atoms with Crippen molar-refractivity contribution in [2.45, 2.75) is 20.8 Å². The van der Waals surface area contributed by atoms with Gasteiger partial charge in [0.15, 0.2) is 0 Å². The Hall–Kier alpha value is -2.29. The molecule has 0 aromatic carbocycles. The Kier molecular flexibility index (Phi) is 4.70. The molecule has 3 N–H and O–H groups in total. The van der Waals surface area contributed by atoms with Crippen LogP contribution in [0.15, 0.2) is 11.1 Å². The van der Waals surface area contributed by atoms with Gasteiger partial charge in [-0.3, -0.25) is 15.4 Å². The third-order valence-corrected chi connectivity index (χ3v) is 2.92. The number of imide groups is 1. The number of hydrogen-bond donors (Lipinski definition) is 3. The molecule has 0 bridgehead atoms. The summed E-state index contributed by atoms with van der Waals surface area (Å²) in [4.78, 5) is 37.6. The smallest absolute Gasteiger partial charge is 0.331 e. The second-order valence-electron chi connectivity index (χ2n) is 3.61. The first-order valence-electron chi connectivity index (χ1n) is 5.14. The second-order valence-corrected chi connectivity index (χ2v) is 4.36. The summed E-state index contributed by atoms with van der Waals surface area (Å²) in [5, 5.41) is 13.3. The number of hydrogen-bond acceptors (Lipinski definition) is 6. The fourth-order valence-corrected chi connectivity index (χ4v) is 1.57. The van der Waals surface area contributed by atoms with Crippen LogP contribution >= 0.6 is 11.5 Å². The van der Waals surface area contributed by atoms with Crippen LogP contribution in [0.4, 0.5) is 9.93 Å². The Labute approximate surface area is 112 Å². The van der Waals surface area contributed by atoms with Gasteiger partial charge in [0, 0.05) is 22.7 Å². The minimum atomic E-state index is -1.21.